The first kappa shape index (κ1) is 24.6. The van der Waals surface area contributed by atoms with Crippen molar-refractivity contribution in [3.63, 3.8) is 0 Å². The van der Waals surface area contributed by atoms with E-state index in [1.54, 1.807) is 49.6 Å². The molecule has 0 aliphatic heterocycles. The van der Waals surface area contributed by atoms with Crippen LogP contribution in [0.3, 0.4) is 0 Å². The van der Waals surface area contributed by atoms with Gasteiger partial charge in [0.15, 0.2) is 0 Å². The number of rotatable bonds is 10. The van der Waals surface area contributed by atoms with Crippen LogP contribution < -0.4 is 4.74 Å². The summed E-state index contributed by atoms with van der Waals surface area (Å²) in [5.41, 5.74) is 3.47. The fourth-order valence-electron chi connectivity index (χ4n) is 3.79. The largest absolute Gasteiger partial charge is 0.508 e. The van der Waals surface area contributed by atoms with Crippen molar-refractivity contribution in [2.24, 2.45) is 5.92 Å². The Bertz CT molecular complexity index is 1080. The van der Waals surface area contributed by atoms with E-state index in [-0.39, 0.29) is 5.75 Å². The van der Waals surface area contributed by atoms with Crippen LogP contribution in [0.5, 0.6) is 11.5 Å². The Morgan fingerprint density at radius 1 is 1.03 bits per heavy atom. The van der Waals surface area contributed by atoms with E-state index in [1.165, 1.54) is 6.07 Å². The topological polar surface area (TPSA) is 69.9 Å². The van der Waals surface area contributed by atoms with Crippen molar-refractivity contribution in [1.82, 2.24) is 0 Å². The molecular weight excluding hydrogens is 436 g/mol. The maximum Gasteiger partial charge on any atom is 0.118 e. The van der Waals surface area contributed by atoms with Crippen LogP contribution in [0.25, 0.3) is 11.6 Å². The van der Waals surface area contributed by atoms with Gasteiger partial charge in [-0.1, -0.05) is 60.1 Å². The molecule has 0 aliphatic carbocycles. The summed E-state index contributed by atoms with van der Waals surface area (Å²) in [5, 5.41) is 31.9. The average Bonchev–Trinajstić information content (AvgIpc) is 2.84. The first-order chi connectivity index (χ1) is 15.9. The van der Waals surface area contributed by atoms with E-state index in [1.807, 2.05) is 36.4 Å². The van der Waals surface area contributed by atoms with Gasteiger partial charge in [-0.25, -0.2) is 0 Å². The zero-order chi connectivity index (χ0) is 23.8. The predicted octanol–water partition coefficient (Wildman–Crippen LogP) is 6.27. The van der Waals surface area contributed by atoms with E-state index in [0.717, 1.165) is 16.7 Å². The first-order valence-corrected chi connectivity index (χ1v) is 11.2. The molecule has 0 heterocycles. The van der Waals surface area contributed by atoms with Gasteiger partial charge in [0.1, 0.15) is 11.5 Å². The molecular formula is C28H29ClO4. The average molecular weight is 465 g/mol. The van der Waals surface area contributed by atoms with E-state index >= 15 is 0 Å². The molecule has 0 fully saturated rings. The third-order valence-corrected chi connectivity index (χ3v) is 6.03. The molecule has 3 N–H and O–H groups in total. The second kappa shape index (κ2) is 11.7. The smallest absolute Gasteiger partial charge is 0.118 e. The molecule has 0 radical (unpaired) electrons. The van der Waals surface area contributed by atoms with Crippen molar-refractivity contribution in [3.8, 4) is 11.5 Å². The Labute approximate surface area is 200 Å². The van der Waals surface area contributed by atoms with Gasteiger partial charge in [0.05, 0.1) is 24.3 Å². The number of methoxy groups -OCH3 is 1. The molecule has 0 bridgehead atoms. The van der Waals surface area contributed by atoms with Gasteiger partial charge in [0.2, 0.25) is 0 Å². The number of hydrogen-bond donors (Lipinski definition) is 3. The number of allylic oxidation sites excluding steroid dienone is 1. The number of benzene rings is 3. The monoisotopic (exact) mass is 464 g/mol. The standard InChI is InChI=1S/C28H29ClO4/c1-3-25(28(32)20-10-14-24(33-2)15-11-20)27(31)16-12-21(19-7-5-4-6-8-19)17-22-9-13-23(30)18-26(22)29/h3-11,13-15,17-18,25,27-28,30-32H,1,12,16H2,2H3/b21-17-/t25-,27-,28-/m1/s1. The lowest BCUT2D eigenvalue weighted by atomic mass is 9.87. The SMILES string of the molecule is C=C[C@H]([C@H](O)CC/C(=C/c1ccc(O)cc1Cl)c1ccccc1)[C@H](O)c1ccc(OC)cc1. The highest BCUT2D eigenvalue weighted by Crippen LogP contribution is 2.32. The summed E-state index contributed by atoms with van der Waals surface area (Å²) < 4.78 is 5.17. The van der Waals surface area contributed by atoms with Gasteiger partial charge < -0.3 is 20.1 Å². The third-order valence-electron chi connectivity index (χ3n) is 5.71. The van der Waals surface area contributed by atoms with Crippen molar-refractivity contribution in [2.45, 2.75) is 25.0 Å². The van der Waals surface area contributed by atoms with Crippen LogP contribution in [-0.2, 0) is 0 Å². The molecule has 4 nitrogen and oxygen atoms in total. The quantitative estimate of drug-likeness (QED) is 0.244. The van der Waals surface area contributed by atoms with Crippen LogP contribution in [0.1, 0.15) is 35.6 Å². The minimum absolute atomic E-state index is 0.107. The molecule has 0 saturated heterocycles. The van der Waals surface area contributed by atoms with Gasteiger partial charge in [-0.15, -0.1) is 6.58 Å². The zero-order valence-electron chi connectivity index (χ0n) is 18.6. The summed E-state index contributed by atoms with van der Waals surface area (Å²) in [4.78, 5) is 0. The molecule has 0 saturated carbocycles. The lowest BCUT2D eigenvalue weighted by Gasteiger charge is -2.26. The number of aromatic hydroxyl groups is 1. The Kier molecular flexibility index (Phi) is 8.72. The van der Waals surface area contributed by atoms with Gasteiger partial charge in [0.25, 0.3) is 0 Å². The molecule has 0 spiro atoms. The Hall–Kier alpha value is -3.05. The Morgan fingerprint density at radius 2 is 1.73 bits per heavy atom. The molecule has 0 amide bonds. The molecule has 0 aliphatic rings. The van der Waals surface area contributed by atoms with Crippen molar-refractivity contribution < 1.29 is 20.1 Å². The number of hydrogen-bond acceptors (Lipinski definition) is 4. The normalized spacial score (nSPS) is 14.4. The van der Waals surface area contributed by atoms with Gasteiger partial charge in [-0.05, 0) is 71.5 Å². The number of phenolic OH excluding ortho intramolecular Hbond substituents is 1. The predicted molar refractivity (Wildman–Crippen MR) is 134 cm³/mol. The first-order valence-electron chi connectivity index (χ1n) is 10.8. The molecule has 172 valence electrons. The molecule has 3 rings (SSSR count). The van der Waals surface area contributed by atoms with Crippen LogP contribution in [0.15, 0.2) is 85.5 Å². The van der Waals surface area contributed by atoms with Crippen LogP contribution in [0.4, 0.5) is 0 Å². The highest BCUT2D eigenvalue weighted by atomic mass is 35.5. The summed E-state index contributed by atoms with van der Waals surface area (Å²) in [6, 6.07) is 21.9. The minimum Gasteiger partial charge on any atom is -0.508 e. The van der Waals surface area contributed by atoms with E-state index in [2.05, 4.69) is 6.58 Å². The number of halogens is 1. The van der Waals surface area contributed by atoms with Crippen LogP contribution >= 0.6 is 11.6 Å². The van der Waals surface area contributed by atoms with Gasteiger partial charge in [0, 0.05) is 5.92 Å². The van der Waals surface area contributed by atoms with Crippen molar-refractivity contribution in [1.29, 1.82) is 0 Å². The van der Waals surface area contributed by atoms with Crippen LogP contribution in [0, 0.1) is 5.92 Å². The fourth-order valence-corrected chi connectivity index (χ4v) is 4.02. The van der Waals surface area contributed by atoms with E-state index in [0.29, 0.717) is 29.2 Å². The van der Waals surface area contributed by atoms with Gasteiger partial charge in [-0.3, -0.25) is 0 Å². The highest BCUT2D eigenvalue weighted by Gasteiger charge is 2.25. The molecule has 3 atom stereocenters. The summed E-state index contributed by atoms with van der Waals surface area (Å²) in [5.74, 6) is 0.273. The molecule has 0 unspecified atom stereocenters. The van der Waals surface area contributed by atoms with Crippen LogP contribution in [-0.4, -0.2) is 28.5 Å². The third kappa shape index (κ3) is 6.48. The zero-order valence-corrected chi connectivity index (χ0v) is 19.3. The second-order valence-electron chi connectivity index (χ2n) is 7.88. The number of phenols is 1. The van der Waals surface area contributed by atoms with Gasteiger partial charge in [-0.2, -0.15) is 0 Å². The maximum absolute atomic E-state index is 11.0. The lowest BCUT2D eigenvalue weighted by Crippen LogP contribution is -2.25. The Balaban J connectivity index is 1.79. The summed E-state index contributed by atoms with van der Waals surface area (Å²) >= 11 is 6.32. The molecule has 3 aromatic rings. The summed E-state index contributed by atoms with van der Waals surface area (Å²) in [6.07, 6.45) is 2.85. The molecule has 3 aromatic carbocycles. The fraction of sp³-hybridized carbons (Fsp3) is 0.214. The van der Waals surface area contributed by atoms with Crippen LogP contribution in [0.2, 0.25) is 5.02 Å². The van der Waals surface area contributed by atoms with E-state index in [4.69, 9.17) is 16.3 Å². The maximum atomic E-state index is 11.0. The number of ether oxygens (including phenoxy) is 1. The van der Waals surface area contributed by atoms with Gasteiger partial charge >= 0.3 is 0 Å². The number of aliphatic hydroxyl groups excluding tert-OH is 2. The lowest BCUT2D eigenvalue weighted by molar-refractivity contribution is 0.0325. The van der Waals surface area contributed by atoms with E-state index in [9.17, 15) is 15.3 Å². The molecule has 5 heteroatoms. The summed E-state index contributed by atoms with van der Waals surface area (Å²) in [7, 11) is 1.59. The highest BCUT2D eigenvalue weighted by molar-refractivity contribution is 6.32. The van der Waals surface area contributed by atoms with Crippen molar-refractivity contribution >= 4 is 23.3 Å². The summed E-state index contributed by atoms with van der Waals surface area (Å²) in [6.45, 7) is 3.83. The van der Waals surface area contributed by atoms with Crippen molar-refractivity contribution in [3.05, 3.63) is 107 Å². The molecule has 33 heavy (non-hydrogen) atoms. The van der Waals surface area contributed by atoms with E-state index < -0.39 is 18.1 Å². The minimum atomic E-state index is -0.890. The van der Waals surface area contributed by atoms with Crippen molar-refractivity contribution in [2.75, 3.05) is 7.11 Å². The number of aliphatic hydroxyl groups is 2. The second-order valence-corrected chi connectivity index (χ2v) is 8.29. The Morgan fingerprint density at radius 3 is 2.33 bits per heavy atom. The molecule has 0 aromatic heterocycles.